The average Bonchev–Trinajstić information content (AvgIpc) is 2.75. The largest absolute Gasteiger partial charge is 0.483 e. The van der Waals surface area contributed by atoms with Crippen LogP contribution >= 0.6 is 0 Å². The minimum absolute atomic E-state index is 0.222. The Hall–Kier alpha value is -1.54. The normalized spacial score (nSPS) is 12.9. The van der Waals surface area contributed by atoms with Gasteiger partial charge in [-0.05, 0) is 12.8 Å². The SMILES string of the molecule is C#C.NCCC(=O)N1CCCC1.O=CO. The number of nitrogens with zero attached hydrogens (tertiary/aromatic N) is 1. The van der Waals surface area contributed by atoms with Crippen LogP contribution in [-0.4, -0.2) is 42.0 Å². The van der Waals surface area contributed by atoms with Crippen LogP contribution in [0.4, 0.5) is 0 Å². The lowest BCUT2D eigenvalue weighted by Gasteiger charge is -2.13. The quantitative estimate of drug-likeness (QED) is 0.497. The third-order valence-electron chi connectivity index (χ3n) is 1.82. The van der Waals surface area contributed by atoms with E-state index in [2.05, 4.69) is 12.8 Å². The van der Waals surface area contributed by atoms with Gasteiger partial charge in [0, 0.05) is 26.1 Å². The number of rotatable bonds is 2. The molecule has 0 spiro atoms. The summed E-state index contributed by atoms with van der Waals surface area (Å²) in [5.41, 5.74) is 5.25. The van der Waals surface area contributed by atoms with E-state index >= 15 is 0 Å². The van der Waals surface area contributed by atoms with Crippen molar-refractivity contribution in [2.24, 2.45) is 5.73 Å². The molecule has 0 saturated carbocycles. The zero-order valence-electron chi connectivity index (χ0n) is 8.76. The Kier molecular flexibility index (Phi) is 13.2. The molecule has 3 N–H and O–H groups in total. The van der Waals surface area contributed by atoms with Gasteiger partial charge in [0.15, 0.2) is 0 Å². The number of likely N-dealkylation sites (tertiary alicyclic amines) is 1. The summed E-state index contributed by atoms with van der Waals surface area (Å²) in [4.78, 5) is 21.3. The van der Waals surface area contributed by atoms with Gasteiger partial charge < -0.3 is 15.7 Å². The van der Waals surface area contributed by atoms with Gasteiger partial charge >= 0.3 is 0 Å². The molecule has 1 fully saturated rings. The molecule has 5 heteroatoms. The van der Waals surface area contributed by atoms with Crippen LogP contribution in [0, 0.1) is 12.8 Å². The van der Waals surface area contributed by atoms with Gasteiger partial charge in [0.2, 0.25) is 5.91 Å². The van der Waals surface area contributed by atoms with Crippen molar-refractivity contribution in [1.29, 1.82) is 0 Å². The van der Waals surface area contributed by atoms with Gasteiger partial charge in [0.25, 0.3) is 6.47 Å². The van der Waals surface area contributed by atoms with Crippen molar-refractivity contribution in [3.8, 4) is 12.8 Å². The van der Waals surface area contributed by atoms with Crippen molar-refractivity contribution in [3.05, 3.63) is 0 Å². The molecule has 0 aliphatic carbocycles. The van der Waals surface area contributed by atoms with Crippen LogP contribution in [0.15, 0.2) is 0 Å². The van der Waals surface area contributed by atoms with Crippen LogP contribution in [0.25, 0.3) is 0 Å². The second-order valence-corrected chi connectivity index (χ2v) is 2.73. The monoisotopic (exact) mass is 214 g/mol. The maximum Gasteiger partial charge on any atom is 0.290 e. The lowest BCUT2D eigenvalue weighted by molar-refractivity contribution is -0.130. The minimum atomic E-state index is -0.250. The summed E-state index contributed by atoms with van der Waals surface area (Å²) in [6, 6.07) is 0. The summed E-state index contributed by atoms with van der Waals surface area (Å²) >= 11 is 0. The molecule has 0 atom stereocenters. The van der Waals surface area contributed by atoms with Crippen LogP contribution in [0.3, 0.4) is 0 Å². The first-order valence-corrected chi connectivity index (χ1v) is 4.65. The van der Waals surface area contributed by atoms with E-state index in [-0.39, 0.29) is 12.4 Å². The topological polar surface area (TPSA) is 83.6 Å². The minimum Gasteiger partial charge on any atom is -0.483 e. The third-order valence-corrected chi connectivity index (χ3v) is 1.82. The van der Waals surface area contributed by atoms with E-state index in [9.17, 15) is 4.79 Å². The highest BCUT2D eigenvalue weighted by Crippen LogP contribution is 2.07. The lowest BCUT2D eigenvalue weighted by atomic mass is 10.4. The van der Waals surface area contributed by atoms with E-state index in [1.807, 2.05) is 4.90 Å². The number of terminal acetylenes is 1. The highest BCUT2D eigenvalue weighted by molar-refractivity contribution is 5.76. The van der Waals surface area contributed by atoms with Gasteiger partial charge in [0.1, 0.15) is 0 Å². The second-order valence-electron chi connectivity index (χ2n) is 2.73. The Morgan fingerprint density at radius 2 is 1.80 bits per heavy atom. The molecule has 1 heterocycles. The summed E-state index contributed by atoms with van der Waals surface area (Å²) in [5, 5.41) is 6.89. The van der Waals surface area contributed by atoms with Gasteiger partial charge in [0.05, 0.1) is 0 Å². The van der Waals surface area contributed by atoms with Crippen molar-refractivity contribution < 1.29 is 14.7 Å². The van der Waals surface area contributed by atoms with E-state index in [0.717, 1.165) is 25.9 Å². The van der Waals surface area contributed by atoms with Crippen LogP contribution in [-0.2, 0) is 9.59 Å². The molecule has 15 heavy (non-hydrogen) atoms. The molecular formula is C10H18N2O3. The first kappa shape index (κ1) is 15.9. The van der Waals surface area contributed by atoms with Crippen molar-refractivity contribution in [3.63, 3.8) is 0 Å². The Labute approximate surface area is 90.2 Å². The second kappa shape index (κ2) is 12.5. The smallest absolute Gasteiger partial charge is 0.290 e. The van der Waals surface area contributed by atoms with E-state index in [4.69, 9.17) is 15.6 Å². The van der Waals surface area contributed by atoms with Gasteiger partial charge in [-0.3, -0.25) is 9.59 Å². The highest BCUT2D eigenvalue weighted by atomic mass is 16.3. The summed E-state index contributed by atoms with van der Waals surface area (Å²) in [6.07, 6.45) is 10.8. The maximum absolute atomic E-state index is 11.1. The van der Waals surface area contributed by atoms with E-state index in [0.29, 0.717) is 13.0 Å². The maximum atomic E-state index is 11.1. The zero-order chi connectivity index (χ0) is 12.1. The van der Waals surface area contributed by atoms with Gasteiger partial charge in [-0.25, -0.2) is 0 Å². The molecule has 0 aromatic carbocycles. The molecule has 0 unspecified atom stereocenters. The first-order chi connectivity index (χ1) is 7.26. The molecule has 1 aliphatic heterocycles. The summed E-state index contributed by atoms with van der Waals surface area (Å²) in [7, 11) is 0. The summed E-state index contributed by atoms with van der Waals surface area (Å²) < 4.78 is 0. The first-order valence-electron chi connectivity index (χ1n) is 4.65. The van der Waals surface area contributed by atoms with Crippen LogP contribution in [0.1, 0.15) is 19.3 Å². The van der Waals surface area contributed by atoms with E-state index in [1.54, 1.807) is 0 Å². The Morgan fingerprint density at radius 3 is 2.13 bits per heavy atom. The molecule has 5 nitrogen and oxygen atoms in total. The predicted molar refractivity (Wildman–Crippen MR) is 58.1 cm³/mol. The Morgan fingerprint density at radius 1 is 1.40 bits per heavy atom. The predicted octanol–water partition coefficient (Wildman–Crippen LogP) is -0.0922. The fraction of sp³-hybridized carbons (Fsp3) is 0.600. The third kappa shape index (κ3) is 8.78. The van der Waals surface area contributed by atoms with Crippen molar-refractivity contribution >= 4 is 12.4 Å². The number of carbonyl (C=O) groups excluding carboxylic acids is 1. The van der Waals surface area contributed by atoms with Crippen LogP contribution in [0.2, 0.25) is 0 Å². The Bertz CT molecular complexity index is 186. The summed E-state index contributed by atoms with van der Waals surface area (Å²) in [6.45, 7) is 2.12. The zero-order valence-corrected chi connectivity index (χ0v) is 8.76. The van der Waals surface area contributed by atoms with Gasteiger partial charge in [-0.1, -0.05) is 0 Å². The van der Waals surface area contributed by atoms with E-state index < -0.39 is 0 Å². The number of carbonyl (C=O) groups is 2. The molecular weight excluding hydrogens is 196 g/mol. The molecule has 86 valence electrons. The van der Waals surface area contributed by atoms with Crippen molar-refractivity contribution in [2.75, 3.05) is 19.6 Å². The van der Waals surface area contributed by atoms with Gasteiger partial charge in [-0.2, -0.15) is 0 Å². The molecule has 1 saturated heterocycles. The number of carboxylic acid groups (broad SMARTS) is 1. The molecule has 1 amide bonds. The highest BCUT2D eigenvalue weighted by Gasteiger charge is 2.15. The molecule has 0 aromatic heterocycles. The average molecular weight is 214 g/mol. The molecule has 0 aromatic rings. The number of hydrogen-bond donors (Lipinski definition) is 2. The molecule has 0 radical (unpaired) electrons. The van der Waals surface area contributed by atoms with Crippen LogP contribution < -0.4 is 5.73 Å². The molecule has 1 rings (SSSR count). The van der Waals surface area contributed by atoms with Crippen LogP contribution in [0.5, 0.6) is 0 Å². The molecule has 0 bridgehead atoms. The molecule has 1 aliphatic rings. The van der Waals surface area contributed by atoms with E-state index in [1.165, 1.54) is 0 Å². The fourth-order valence-electron chi connectivity index (χ4n) is 1.25. The van der Waals surface area contributed by atoms with Crippen molar-refractivity contribution in [1.82, 2.24) is 4.90 Å². The van der Waals surface area contributed by atoms with Gasteiger partial charge in [-0.15, -0.1) is 12.8 Å². The number of hydrogen-bond acceptors (Lipinski definition) is 3. The number of amides is 1. The number of nitrogens with two attached hydrogens (primary N) is 1. The lowest BCUT2D eigenvalue weighted by Crippen LogP contribution is -2.29. The fourth-order valence-corrected chi connectivity index (χ4v) is 1.25. The Balaban J connectivity index is 0. The van der Waals surface area contributed by atoms with Crippen molar-refractivity contribution in [2.45, 2.75) is 19.3 Å². The standard InChI is InChI=1S/C7H14N2O.C2H2.CH2O2/c8-4-3-7(10)9-5-1-2-6-9;1-2;2-1-3/h1-6,8H2;1-2H;1H,(H,2,3). The summed E-state index contributed by atoms with van der Waals surface area (Å²) in [5.74, 6) is 0.222.